The number of fused-ring (bicyclic) bond motifs is 4. The van der Waals surface area contributed by atoms with Crippen molar-refractivity contribution in [2.24, 2.45) is 23.7 Å². The normalized spacial score (nSPS) is 27.8. The zero-order valence-corrected chi connectivity index (χ0v) is 69.4. The molecule has 7 aromatic rings. The lowest BCUT2D eigenvalue weighted by atomic mass is 9.80. The highest BCUT2D eigenvalue weighted by Gasteiger charge is 2.59. The van der Waals surface area contributed by atoms with E-state index in [1.54, 1.807) is 28.4 Å². The average molecular weight is 1830 g/mol. The quantitative estimate of drug-likeness (QED) is 0.0673. The highest BCUT2D eigenvalue weighted by Crippen LogP contribution is 2.53. The number of benzene rings is 3. The summed E-state index contributed by atoms with van der Waals surface area (Å²) in [5.74, 6) is -7.03. The van der Waals surface area contributed by atoms with Crippen LogP contribution in [-0.4, -0.2) is 181 Å². The molecule has 4 N–H and O–H groups in total. The zero-order valence-electron chi connectivity index (χ0n) is 67.2. The lowest BCUT2D eigenvalue weighted by Gasteiger charge is -2.46. The molecule has 8 atom stereocenters. The third-order valence-electron chi connectivity index (χ3n) is 28.1. The Morgan fingerprint density at radius 3 is 0.960 bits per heavy atom. The lowest BCUT2D eigenvalue weighted by Crippen LogP contribution is -2.57. The minimum absolute atomic E-state index is 0.0240. The summed E-state index contributed by atoms with van der Waals surface area (Å²) in [5.41, 5.74) is 0.194. The van der Waals surface area contributed by atoms with Gasteiger partial charge in [-0.15, -0.1) is 0 Å². The van der Waals surface area contributed by atoms with E-state index in [0.29, 0.717) is 114 Å². The van der Waals surface area contributed by atoms with Crippen molar-refractivity contribution in [2.75, 3.05) is 47.8 Å². The first kappa shape index (κ1) is 81.4. The fourth-order valence-corrected chi connectivity index (χ4v) is 22.8. The molecular formula is C87H84F6IN11O19. The number of methoxy groups -OCH3 is 3. The second-order valence-electron chi connectivity index (χ2n) is 34.8. The first-order chi connectivity index (χ1) is 59.7. The molecule has 16 aliphatic heterocycles. The van der Waals surface area contributed by atoms with Crippen LogP contribution in [0.4, 0.5) is 26.3 Å². The van der Waals surface area contributed by atoms with Crippen molar-refractivity contribution in [3.05, 3.63) is 213 Å². The van der Waals surface area contributed by atoms with Crippen LogP contribution in [0.15, 0.2) is 73.8 Å². The smallest absolute Gasteiger partial charge is 0.276 e. The summed E-state index contributed by atoms with van der Waals surface area (Å²) in [6.45, 7) is 1.74. The van der Waals surface area contributed by atoms with E-state index in [-0.39, 0.29) is 165 Å². The summed E-state index contributed by atoms with van der Waals surface area (Å²) in [6.07, 6.45) is 10.3. The molecule has 12 fully saturated rings. The number of carbonyl (C=O) groups is 7. The maximum atomic E-state index is 14.0. The van der Waals surface area contributed by atoms with Crippen molar-refractivity contribution < 1.29 is 98.2 Å². The van der Waals surface area contributed by atoms with Gasteiger partial charge in [0.05, 0.1) is 75.5 Å². The number of hydrogen-bond donors (Lipinski definition) is 4. The number of nitrogens with zero attached hydrogens (tertiary/aromatic N) is 8. The van der Waals surface area contributed by atoms with E-state index in [0.717, 1.165) is 107 Å². The second kappa shape index (κ2) is 31.0. The van der Waals surface area contributed by atoms with Crippen molar-refractivity contribution in [3.63, 3.8) is 0 Å². The molecule has 8 unspecified atom stereocenters. The molecule has 4 aliphatic carbocycles. The number of aromatic nitrogens is 4. The zero-order chi connectivity index (χ0) is 86.3. The summed E-state index contributed by atoms with van der Waals surface area (Å²) < 4.78 is 130. The lowest BCUT2D eigenvalue weighted by molar-refractivity contribution is -0.0725. The predicted octanol–water partition coefficient (Wildman–Crippen LogP) is 7.67. The number of amides is 7. The van der Waals surface area contributed by atoms with Gasteiger partial charge in [-0.3, -0.25) is 52.7 Å². The topological polar surface area (TPSA) is 341 Å². The molecule has 0 spiro atoms. The van der Waals surface area contributed by atoms with Crippen molar-refractivity contribution in [1.82, 2.24) is 53.8 Å². The van der Waals surface area contributed by atoms with Gasteiger partial charge in [-0.1, -0.05) is 18.2 Å². The molecule has 37 heteroatoms. The van der Waals surface area contributed by atoms with Crippen LogP contribution in [-0.2, 0) is 64.3 Å². The van der Waals surface area contributed by atoms with Gasteiger partial charge in [0.1, 0.15) is 51.6 Å². The van der Waals surface area contributed by atoms with Gasteiger partial charge >= 0.3 is 0 Å². The van der Waals surface area contributed by atoms with Gasteiger partial charge in [0.2, 0.25) is 21.7 Å². The maximum Gasteiger partial charge on any atom is 0.276 e. The Morgan fingerprint density at radius 2 is 0.661 bits per heavy atom. The minimum atomic E-state index is -0.928. The number of nitrogens with one attached hydrogen (secondary N) is 3. The van der Waals surface area contributed by atoms with Crippen LogP contribution in [0.25, 0.3) is 0 Å². The van der Waals surface area contributed by atoms with Gasteiger partial charge in [0.15, 0.2) is 70.7 Å². The van der Waals surface area contributed by atoms with E-state index < -0.39 is 99.3 Å². The molecule has 27 rings (SSSR count). The molecule has 20 heterocycles. The Balaban J connectivity index is 0.000000106. The molecule has 124 heavy (non-hydrogen) atoms. The first-order valence-corrected chi connectivity index (χ1v) is 43.0. The molecule has 3 aromatic carbocycles. The fraction of sp³-hybridized carbons (Fsp3) is 0.483. The van der Waals surface area contributed by atoms with Crippen LogP contribution >= 0.6 is 22.6 Å². The summed E-state index contributed by atoms with van der Waals surface area (Å²) in [6, 6.07) is 8.90. The number of aromatic hydroxyl groups is 1. The van der Waals surface area contributed by atoms with E-state index >= 15 is 0 Å². The maximum absolute atomic E-state index is 14.0. The Hall–Kier alpha value is -10.9. The summed E-state index contributed by atoms with van der Waals surface area (Å²) in [5, 5.41) is 18.3. The molecule has 4 saturated carbocycles. The van der Waals surface area contributed by atoms with Gasteiger partial charge < -0.3 is 92.1 Å². The molecule has 0 radical (unpaired) electrons. The summed E-state index contributed by atoms with van der Waals surface area (Å²) >= 11 is 2.08. The highest BCUT2D eigenvalue weighted by molar-refractivity contribution is 14.1. The predicted molar refractivity (Wildman–Crippen MR) is 429 cm³/mol. The highest BCUT2D eigenvalue weighted by atomic mass is 127. The van der Waals surface area contributed by atoms with Gasteiger partial charge in [-0.05, 0) is 167 Å². The van der Waals surface area contributed by atoms with Crippen molar-refractivity contribution >= 4 is 63.9 Å². The van der Waals surface area contributed by atoms with E-state index in [1.807, 2.05) is 9.47 Å². The summed E-state index contributed by atoms with van der Waals surface area (Å²) in [7, 11) is 4.08. The number of pyridine rings is 4. The van der Waals surface area contributed by atoms with Crippen LogP contribution in [0.5, 0.6) is 23.0 Å². The molecule has 7 amide bonds. The van der Waals surface area contributed by atoms with Gasteiger partial charge in [-0.25, -0.2) is 26.3 Å². The third kappa shape index (κ3) is 12.7. The van der Waals surface area contributed by atoms with E-state index in [9.17, 15) is 84.2 Å². The third-order valence-corrected chi connectivity index (χ3v) is 29.2. The monoisotopic (exact) mass is 1830 g/mol. The molecule has 4 aromatic heterocycles. The average Bonchev–Trinajstić information content (AvgIpc) is 1.52. The van der Waals surface area contributed by atoms with E-state index in [1.165, 1.54) is 39.5 Å². The van der Waals surface area contributed by atoms with E-state index in [2.05, 4.69) is 38.5 Å². The van der Waals surface area contributed by atoms with Crippen LogP contribution in [0.3, 0.4) is 0 Å². The van der Waals surface area contributed by atoms with Gasteiger partial charge in [0, 0.05) is 101 Å². The first-order valence-electron chi connectivity index (χ1n) is 41.9. The Kier molecular flexibility index (Phi) is 20.4. The van der Waals surface area contributed by atoms with E-state index in [4.69, 9.17) is 33.2 Å². The number of halogens is 7. The minimum Gasteiger partial charge on any atom is -0.503 e. The Morgan fingerprint density at radius 1 is 0.395 bits per heavy atom. The number of rotatable bonds is 12. The molecular weight excluding hydrogens is 1740 g/mol. The number of ether oxygens (including phenoxy) is 7. The van der Waals surface area contributed by atoms with Gasteiger partial charge in [0.25, 0.3) is 41.4 Å². The summed E-state index contributed by atoms with van der Waals surface area (Å²) in [4.78, 5) is 152. The molecule has 20 aliphatic rings. The fourth-order valence-electron chi connectivity index (χ4n) is 22.0. The second-order valence-corrected chi connectivity index (χ2v) is 35.8. The van der Waals surface area contributed by atoms with Crippen LogP contribution in [0, 0.1) is 62.1 Å². The van der Waals surface area contributed by atoms with Crippen molar-refractivity contribution in [3.8, 4) is 23.0 Å². The number of hydrogen-bond acceptors (Lipinski definition) is 19. The van der Waals surface area contributed by atoms with Crippen molar-refractivity contribution in [1.29, 1.82) is 0 Å². The molecule has 8 saturated heterocycles. The standard InChI is InChI=1S/2C24H23F2N3O5.C23H21F2N3O5.C16H17IN2O4/c2*1-33-21-19-23(32)28-14-6-11(7-14)10-34-24(28)17-5-4-16(29(17)19)18(20(21)30)22(31)27-9-12-2-3-13(25)8-15(12)26;24-12-2-1-11(14(25)7-12)8-26-21(31)17-15-3-4-16-23-27(13-5-10(6-13)9-33-23)22(32)18(28(15)16)20(30)19(17)29;1-22-14-12-15(21)18-8-4-7(5-8)6-23-16(18)10-3-2-9(19(10)12)11(17)13(14)20/h2*2-3,8,11,14,17,24H,4-7,9-10H2,1H3,(H,27,31);1-2,7,10,13,16,23,30H,3-6,8-9H2,(H,26,31);7-8,10,16H,2-6H2,1H3. The Labute approximate surface area is 715 Å². The molecule has 8 bridgehead atoms. The molecule has 30 nitrogen and oxygen atoms in total. The molecule has 650 valence electrons. The Bertz CT molecular complexity index is 5860. The SMILES string of the molecule is COc1c2n3c(c(C(=O)NCc4ccc(F)cc4F)c1=O)CCC3C1OCC3CC(C3)N1C2=O.COc1c2n3c(c(C(=O)NCc4ccc(F)cc4F)c1=O)CCC3C1OCC3CC(C3)N1C2=O.COc1c2n3c(c(I)c1=O)CCC3C1OCC3CC(C3)N1C2=O.O=C(NCc1ccc(F)cc1F)c1c2n3c(c(O)c1=O)C(=O)N1C4CC(COC1C3CC2)C4. The van der Waals surface area contributed by atoms with Crippen LogP contribution in [0.1, 0.15) is 214 Å². The largest absolute Gasteiger partial charge is 0.503 e. The van der Waals surface area contributed by atoms with Crippen LogP contribution in [0.2, 0.25) is 0 Å². The van der Waals surface area contributed by atoms with Crippen molar-refractivity contribution in [2.45, 2.75) is 196 Å². The van der Waals surface area contributed by atoms with Gasteiger partial charge in [-0.2, -0.15) is 0 Å². The van der Waals surface area contributed by atoms with Crippen LogP contribution < -0.4 is 51.9 Å². The number of carbonyl (C=O) groups excluding carboxylic acids is 7.